The van der Waals surface area contributed by atoms with Gasteiger partial charge in [0.05, 0.1) is 12.2 Å². The number of hydrogen-bond donors (Lipinski definition) is 2. The second kappa shape index (κ2) is 11.5. The lowest BCUT2D eigenvalue weighted by Crippen LogP contribution is -2.43. The Bertz CT molecular complexity index is 853. The van der Waals surface area contributed by atoms with Crippen molar-refractivity contribution in [3.8, 4) is 5.75 Å². The molecule has 0 saturated carbocycles. The van der Waals surface area contributed by atoms with Gasteiger partial charge in [-0.2, -0.15) is 0 Å². The molecule has 2 aromatic rings. The van der Waals surface area contributed by atoms with Gasteiger partial charge in [0, 0.05) is 32.7 Å². The number of piperazine rings is 1. The van der Waals surface area contributed by atoms with E-state index in [-0.39, 0.29) is 41.4 Å². The highest BCUT2D eigenvalue weighted by Gasteiger charge is 2.32. The Morgan fingerprint density at radius 1 is 1.03 bits per heavy atom. The minimum absolute atomic E-state index is 0. The number of guanidine groups is 1. The fraction of sp³-hybridized carbons (Fsp3) is 0.381. The first-order chi connectivity index (χ1) is 14.3. The Kier molecular flexibility index (Phi) is 9.38. The quantitative estimate of drug-likeness (QED) is 0.326. The maximum Gasteiger partial charge on any atom is 0.573 e. The average molecular weight is 549 g/mol. The summed E-state index contributed by atoms with van der Waals surface area (Å²) in [6.07, 6.45) is -4.78. The second-order valence-corrected chi connectivity index (χ2v) is 7.27. The molecule has 31 heavy (non-hydrogen) atoms. The van der Waals surface area contributed by atoms with Crippen molar-refractivity contribution in [3.05, 3.63) is 59.7 Å². The van der Waals surface area contributed by atoms with Crippen LogP contribution in [0.5, 0.6) is 5.75 Å². The van der Waals surface area contributed by atoms with Crippen LogP contribution in [0.4, 0.5) is 18.9 Å². The summed E-state index contributed by atoms with van der Waals surface area (Å²) in [5.74, 6) is -0.355. The Balaban J connectivity index is 0.00000341. The molecule has 0 radical (unpaired) electrons. The van der Waals surface area contributed by atoms with Crippen LogP contribution in [0.25, 0.3) is 0 Å². The van der Waals surface area contributed by atoms with Crippen LogP contribution in [-0.4, -0.2) is 55.3 Å². The fourth-order valence-electron chi connectivity index (χ4n) is 3.15. The Hall–Kier alpha value is -2.05. The third-order valence-corrected chi connectivity index (χ3v) is 4.83. The van der Waals surface area contributed by atoms with E-state index >= 15 is 0 Å². The summed E-state index contributed by atoms with van der Waals surface area (Å²) in [4.78, 5) is 8.96. The predicted octanol–water partition coefficient (Wildman–Crippen LogP) is 3.88. The highest BCUT2D eigenvalue weighted by molar-refractivity contribution is 14.0. The van der Waals surface area contributed by atoms with E-state index in [0.717, 1.165) is 38.3 Å². The lowest BCUT2D eigenvalue weighted by Gasteiger charge is -2.32. The van der Waals surface area contributed by atoms with Gasteiger partial charge in [0.2, 0.25) is 0 Å². The van der Waals surface area contributed by atoms with Crippen molar-refractivity contribution in [2.24, 2.45) is 10.7 Å². The number of nitrogens with one attached hydrogen (secondary N) is 1. The molecule has 1 heterocycles. The van der Waals surface area contributed by atoms with Crippen LogP contribution in [0.15, 0.2) is 53.5 Å². The Morgan fingerprint density at radius 2 is 1.65 bits per heavy atom. The molecule has 6 nitrogen and oxygen atoms in total. The number of ether oxygens (including phenoxy) is 1. The minimum Gasteiger partial charge on any atom is -0.404 e. The Labute approximate surface area is 197 Å². The average Bonchev–Trinajstić information content (AvgIpc) is 2.70. The zero-order valence-electron chi connectivity index (χ0n) is 17.2. The lowest BCUT2D eigenvalue weighted by atomic mass is 10.1. The third kappa shape index (κ3) is 8.54. The standard InChI is InChI=1S/C21H26F3N5O.HI/c1-28-10-12-29(13-11-28)15-17-8-6-16(7-9-17)14-26-20(25)27-18-4-2-3-5-19(18)30-21(22,23)24;/h2-9H,10-15H2,1H3,(H3,25,26,27);1H. The number of anilines is 1. The molecule has 1 aliphatic heterocycles. The molecule has 0 spiro atoms. The van der Waals surface area contributed by atoms with Crippen molar-refractivity contribution in [1.29, 1.82) is 0 Å². The number of hydrogen-bond acceptors (Lipinski definition) is 4. The lowest BCUT2D eigenvalue weighted by molar-refractivity contribution is -0.274. The van der Waals surface area contributed by atoms with Gasteiger partial charge in [0.25, 0.3) is 0 Å². The van der Waals surface area contributed by atoms with E-state index in [0.29, 0.717) is 6.54 Å². The summed E-state index contributed by atoms with van der Waals surface area (Å²) in [7, 11) is 2.13. The van der Waals surface area contributed by atoms with Crippen LogP contribution < -0.4 is 15.8 Å². The second-order valence-electron chi connectivity index (χ2n) is 7.27. The van der Waals surface area contributed by atoms with E-state index in [4.69, 9.17) is 5.73 Å². The molecule has 170 valence electrons. The van der Waals surface area contributed by atoms with Gasteiger partial charge in [0.15, 0.2) is 11.7 Å². The minimum atomic E-state index is -4.78. The van der Waals surface area contributed by atoms with Crippen molar-refractivity contribution < 1.29 is 17.9 Å². The molecule has 0 amide bonds. The molecule has 0 aliphatic carbocycles. The van der Waals surface area contributed by atoms with Crippen molar-refractivity contribution in [2.75, 3.05) is 38.5 Å². The normalized spacial score (nSPS) is 15.9. The van der Waals surface area contributed by atoms with Crippen LogP contribution in [0.1, 0.15) is 11.1 Å². The SMILES string of the molecule is CN1CCN(Cc2ccc(CN=C(N)Nc3ccccc3OC(F)(F)F)cc2)CC1.I. The number of aliphatic imine (C=N–C) groups is 1. The molecule has 3 rings (SSSR count). The number of likely N-dealkylation sites (N-methyl/N-ethyl adjacent to an activating group) is 1. The van der Waals surface area contributed by atoms with Crippen LogP contribution in [0.2, 0.25) is 0 Å². The molecular formula is C21H27F3IN5O. The van der Waals surface area contributed by atoms with Gasteiger partial charge in [-0.05, 0) is 30.3 Å². The van der Waals surface area contributed by atoms with Gasteiger partial charge in [-0.1, -0.05) is 36.4 Å². The third-order valence-electron chi connectivity index (χ3n) is 4.83. The van der Waals surface area contributed by atoms with Gasteiger partial charge in [0.1, 0.15) is 0 Å². The van der Waals surface area contributed by atoms with Gasteiger partial charge in [-0.25, -0.2) is 4.99 Å². The number of alkyl halides is 3. The maximum absolute atomic E-state index is 12.5. The number of benzene rings is 2. The highest BCUT2D eigenvalue weighted by Crippen LogP contribution is 2.29. The molecule has 0 aromatic heterocycles. The van der Waals surface area contributed by atoms with E-state index in [1.54, 1.807) is 6.07 Å². The first-order valence-electron chi connectivity index (χ1n) is 9.69. The highest BCUT2D eigenvalue weighted by atomic mass is 127. The van der Waals surface area contributed by atoms with Crippen LogP contribution in [0, 0.1) is 0 Å². The molecule has 10 heteroatoms. The van der Waals surface area contributed by atoms with E-state index in [1.165, 1.54) is 23.8 Å². The molecule has 0 atom stereocenters. The maximum atomic E-state index is 12.5. The number of nitrogens with two attached hydrogens (primary N) is 1. The fourth-order valence-corrected chi connectivity index (χ4v) is 3.15. The van der Waals surface area contributed by atoms with Crippen LogP contribution in [-0.2, 0) is 13.1 Å². The zero-order valence-corrected chi connectivity index (χ0v) is 19.6. The summed E-state index contributed by atoms with van der Waals surface area (Å²) < 4.78 is 41.5. The van der Waals surface area contributed by atoms with E-state index in [9.17, 15) is 13.2 Å². The molecule has 0 bridgehead atoms. The first kappa shape index (κ1) is 25.2. The van der Waals surface area contributed by atoms with Gasteiger partial charge in [-0.15, -0.1) is 37.1 Å². The smallest absolute Gasteiger partial charge is 0.404 e. The molecular weight excluding hydrogens is 522 g/mol. The molecule has 1 saturated heterocycles. The van der Waals surface area contributed by atoms with E-state index < -0.39 is 6.36 Å². The van der Waals surface area contributed by atoms with Gasteiger partial charge < -0.3 is 20.7 Å². The summed E-state index contributed by atoms with van der Waals surface area (Å²) in [5, 5.41) is 2.66. The molecule has 0 unspecified atom stereocenters. The first-order valence-corrected chi connectivity index (χ1v) is 9.69. The predicted molar refractivity (Wildman–Crippen MR) is 127 cm³/mol. The largest absolute Gasteiger partial charge is 0.573 e. The van der Waals surface area contributed by atoms with E-state index in [1.807, 2.05) is 12.1 Å². The molecule has 1 aliphatic rings. The summed E-state index contributed by atoms with van der Waals surface area (Å²) >= 11 is 0. The number of rotatable bonds is 6. The van der Waals surface area contributed by atoms with Crippen LogP contribution >= 0.6 is 24.0 Å². The van der Waals surface area contributed by atoms with Crippen molar-refractivity contribution in [2.45, 2.75) is 19.5 Å². The molecule has 1 fully saturated rings. The zero-order chi connectivity index (χ0) is 21.6. The van der Waals surface area contributed by atoms with Crippen LogP contribution in [0.3, 0.4) is 0 Å². The van der Waals surface area contributed by atoms with Gasteiger partial charge in [-0.3, -0.25) is 4.90 Å². The van der Waals surface area contributed by atoms with Gasteiger partial charge >= 0.3 is 6.36 Å². The summed E-state index contributed by atoms with van der Waals surface area (Å²) in [5.41, 5.74) is 8.13. The summed E-state index contributed by atoms with van der Waals surface area (Å²) in [6.45, 7) is 5.51. The Morgan fingerprint density at radius 3 is 2.29 bits per heavy atom. The number of nitrogens with zero attached hydrogens (tertiary/aromatic N) is 3. The number of halogens is 4. The van der Waals surface area contributed by atoms with E-state index in [2.05, 4.69) is 44.0 Å². The number of para-hydroxylation sites is 2. The monoisotopic (exact) mass is 549 g/mol. The topological polar surface area (TPSA) is 66.1 Å². The summed E-state index contributed by atoms with van der Waals surface area (Å²) in [6, 6.07) is 13.8. The van der Waals surface area contributed by atoms with Crippen molar-refractivity contribution >= 4 is 35.6 Å². The molecule has 2 aromatic carbocycles. The molecule has 3 N–H and O–H groups in total. The van der Waals surface area contributed by atoms with Crippen molar-refractivity contribution in [3.63, 3.8) is 0 Å². The van der Waals surface area contributed by atoms with Crippen molar-refractivity contribution in [1.82, 2.24) is 9.80 Å².